The summed E-state index contributed by atoms with van der Waals surface area (Å²) in [7, 11) is 9.59. The molecule has 0 amide bonds. The van der Waals surface area contributed by atoms with Crippen molar-refractivity contribution in [2.75, 3.05) is 48.4 Å². The van der Waals surface area contributed by atoms with Crippen LogP contribution in [0.4, 0.5) is 0 Å². The first-order chi connectivity index (χ1) is 9.92. The van der Waals surface area contributed by atoms with E-state index < -0.39 is 0 Å². The van der Waals surface area contributed by atoms with Crippen LogP contribution in [0.2, 0.25) is 0 Å². The molecule has 116 valence electrons. The second kappa shape index (κ2) is 8.60. The Morgan fingerprint density at radius 1 is 1.19 bits per heavy atom. The van der Waals surface area contributed by atoms with Crippen LogP contribution in [0.5, 0.6) is 5.75 Å². The quantitative estimate of drug-likeness (QED) is 0.686. The zero-order valence-corrected chi connectivity index (χ0v) is 13.7. The maximum absolute atomic E-state index is 12.4. The van der Waals surface area contributed by atoms with Gasteiger partial charge in [0.15, 0.2) is 5.78 Å². The maximum Gasteiger partial charge on any atom is 0.161 e. The molecular weight excluding hydrogens is 264 g/mol. The molecule has 0 unspecified atom stereocenters. The van der Waals surface area contributed by atoms with E-state index in [1.165, 1.54) is 0 Å². The van der Waals surface area contributed by atoms with E-state index in [2.05, 4.69) is 0 Å². The number of nitrogens with zero attached hydrogens (tertiary/aromatic N) is 2. The molecule has 0 heterocycles. The van der Waals surface area contributed by atoms with Gasteiger partial charge in [0.2, 0.25) is 0 Å². The molecule has 1 rings (SSSR count). The van der Waals surface area contributed by atoms with Gasteiger partial charge >= 0.3 is 0 Å². The Kier molecular flexibility index (Phi) is 7.12. The summed E-state index contributed by atoms with van der Waals surface area (Å²) in [5, 5.41) is 0. The van der Waals surface area contributed by atoms with Gasteiger partial charge in [-0.2, -0.15) is 0 Å². The van der Waals surface area contributed by atoms with E-state index in [9.17, 15) is 4.79 Å². The number of benzene rings is 1. The van der Waals surface area contributed by atoms with Crippen LogP contribution in [0.3, 0.4) is 0 Å². The molecule has 1 aromatic carbocycles. The topological polar surface area (TPSA) is 32.8 Å². The summed E-state index contributed by atoms with van der Waals surface area (Å²) in [6.45, 7) is 1.50. The minimum absolute atomic E-state index is 0.0168. The van der Waals surface area contributed by atoms with Crippen molar-refractivity contribution in [1.29, 1.82) is 0 Å². The van der Waals surface area contributed by atoms with Crippen molar-refractivity contribution < 1.29 is 9.53 Å². The fourth-order valence-electron chi connectivity index (χ4n) is 2.18. The van der Waals surface area contributed by atoms with Crippen molar-refractivity contribution in [3.63, 3.8) is 0 Å². The Balaban J connectivity index is 2.76. The number of carbonyl (C=O) groups excluding carboxylic acids is 1. The molecule has 0 aliphatic heterocycles. The summed E-state index contributed by atoms with van der Waals surface area (Å²) in [6, 6.07) is 7.68. The van der Waals surface area contributed by atoms with Crippen molar-refractivity contribution in [3.05, 3.63) is 35.9 Å². The SMILES string of the molecule is COc1cccc(/C=C\C(=O)C(CN(C)C)CN(C)C)c1. The maximum atomic E-state index is 12.4. The van der Waals surface area contributed by atoms with Gasteiger partial charge < -0.3 is 14.5 Å². The van der Waals surface area contributed by atoms with Crippen LogP contribution < -0.4 is 4.74 Å². The summed E-state index contributed by atoms with van der Waals surface area (Å²) in [5.41, 5.74) is 0.969. The molecular formula is C17H26N2O2. The summed E-state index contributed by atoms with van der Waals surface area (Å²) >= 11 is 0. The largest absolute Gasteiger partial charge is 0.497 e. The van der Waals surface area contributed by atoms with Crippen LogP contribution in [-0.2, 0) is 4.79 Å². The van der Waals surface area contributed by atoms with Crippen LogP contribution in [0.1, 0.15) is 5.56 Å². The lowest BCUT2D eigenvalue weighted by Crippen LogP contribution is -2.34. The zero-order chi connectivity index (χ0) is 15.8. The molecule has 0 aromatic heterocycles. The molecule has 0 radical (unpaired) electrons. The summed E-state index contributed by atoms with van der Waals surface area (Å²) < 4.78 is 5.18. The normalized spacial score (nSPS) is 11.8. The van der Waals surface area contributed by atoms with Gasteiger partial charge in [-0.1, -0.05) is 18.2 Å². The number of rotatable bonds is 8. The van der Waals surface area contributed by atoms with Gasteiger partial charge in [-0.3, -0.25) is 4.79 Å². The van der Waals surface area contributed by atoms with E-state index in [0.717, 1.165) is 24.4 Å². The molecule has 0 saturated carbocycles. The molecule has 21 heavy (non-hydrogen) atoms. The Morgan fingerprint density at radius 2 is 1.81 bits per heavy atom. The van der Waals surface area contributed by atoms with Gasteiger partial charge in [-0.05, 0) is 52.0 Å². The highest BCUT2D eigenvalue weighted by atomic mass is 16.5. The first-order valence-electron chi connectivity index (χ1n) is 7.08. The second-order valence-electron chi connectivity index (χ2n) is 5.73. The lowest BCUT2D eigenvalue weighted by molar-refractivity contribution is -0.119. The number of ether oxygens (including phenoxy) is 1. The molecule has 4 nitrogen and oxygen atoms in total. The minimum atomic E-state index is -0.0168. The Bertz CT molecular complexity index is 471. The summed E-state index contributed by atoms with van der Waals surface area (Å²) in [5.74, 6) is 0.930. The van der Waals surface area contributed by atoms with Crippen molar-refractivity contribution in [1.82, 2.24) is 9.80 Å². The molecule has 0 bridgehead atoms. The number of ketones is 1. The average molecular weight is 290 g/mol. The predicted octanol–water partition coefficient (Wildman–Crippen LogP) is 2.02. The predicted molar refractivity (Wildman–Crippen MR) is 87.6 cm³/mol. The average Bonchev–Trinajstić information content (AvgIpc) is 2.43. The van der Waals surface area contributed by atoms with E-state index in [0.29, 0.717) is 0 Å². The molecule has 0 atom stereocenters. The highest BCUT2D eigenvalue weighted by Crippen LogP contribution is 2.14. The molecule has 4 heteroatoms. The van der Waals surface area contributed by atoms with Crippen LogP contribution in [0.15, 0.2) is 30.3 Å². The van der Waals surface area contributed by atoms with Crippen LogP contribution in [0, 0.1) is 5.92 Å². The monoisotopic (exact) mass is 290 g/mol. The molecule has 0 aliphatic rings. The molecule has 0 aliphatic carbocycles. The van der Waals surface area contributed by atoms with E-state index >= 15 is 0 Å². The Labute approximate surface area is 128 Å². The van der Waals surface area contributed by atoms with E-state index in [1.54, 1.807) is 13.2 Å². The van der Waals surface area contributed by atoms with Crippen LogP contribution >= 0.6 is 0 Å². The fraction of sp³-hybridized carbons (Fsp3) is 0.471. The number of allylic oxidation sites excluding steroid dienone is 1. The highest BCUT2D eigenvalue weighted by molar-refractivity contribution is 5.95. The van der Waals surface area contributed by atoms with Gasteiger partial charge in [0, 0.05) is 19.0 Å². The van der Waals surface area contributed by atoms with Crippen LogP contribution in [0.25, 0.3) is 6.08 Å². The van der Waals surface area contributed by atoms with Gasteiger partial charge in [0.25, 0.3) is 0 Å². The Morgan fingerprint density at radius 3 is 2.33 bits per heavy atom. The molecule has 0 N–H and O–H groups in total. The number of hydrogen-bond donors (Lipinski definition) is 0. The standard InChI is InChI=1S/C17H26N2O2/c1-18(2)12-15(13-19(3)4)17(20)10-9-14-7-6-8-16(11-14)21-5/h6-11,15H,12-13H2,1-5H3/b10-9-. The lowest BCUT2D eigenvalue weighted by Gasteiger charge is -2.22. The fourth-order valence-corrected chi connectivity index (χ4v) is 2.18. The first kappa shape index (κ1) is 17.4. The van der Waals surface area contributed by atoms with Crippen molar-refractivity contribution in [2.45, 2.75) is 0 Å². The third-order valence-electron chi connectivity index (χ3n) is 3.11. The summed E-state index contributed by atoms with van der Waals surface area (Å²) in [4.78, 5) is 16.5. The minimum Gasteiger partial charge on any atom is -0.497 e. The first-order valence-corrected chi connectivity index (χ1v) is 7.08. The summed E-state index contributed by atoms with van der Waals surface area (Å²) in [6.07, 6.45) is 3.52. The number of carbonyl (C=O) groups is 1. The molecule has 0 saturated heterocycles. The highest BCUT2D eigenvalue weighted by Gasteiger charge is 2.17. The third kappa shape index (κ3) is 6.56. The van der Waals surface area contributed by atoms with Crippen molar-refractivity contribution >= 4 is 11.9 Å². The zero-order valence-electron chi connectivity index (χ0n) is 13.7. The van der Waals surface area contributed by atoms with Crippen molar-refractivity contribution in [3.8, 4) is 5.75 Å². The van der Waals surface area contributed by atoms with Gasteiger partial charge in [-0.15, -0.1) is 0 Å². The smallest absolute Gasteiger partial charge is 0.161 e. The lowest BCUT2D eigenvalue weighted by atomic mass is 10.0. The number of hydrogen-bond acceptors (Lipinski definition) is 4. The second-order valence-corrected chi connectivity index (χ2v) is 5.73. The van der Waals surface area contributed by atoms with E-state index in [-0.39, 0.29) is 11.7 Å². The van der Waals surface area contributed by atoms with Gasteiger partial charge in [0.05, 0.1) is 7.11 Å². The molecule has 1 aromatic rings. The molecule has 0 spiro atoms. The van der Waals surface area contributed by atoms with E-state index in [1.807, 2.05) is 68.3 Å². The van der Waals surface area contributed by atoms with Crippen LogP contribution in [-0.4, -0.2) is 64.0 Å². The van der Waals surface area contributed by atoms with Crippen molar-refractivity contribution in [2.24, 2.45) is 5.92 Å². The van der Waals surface area contributed by atoms with Gasteiger partial charge in [-0.25, -0.2) is 0 Å². The Hall–Kier alpha value is -1.65. The van der Waals surface area contributed by atoms with Gasteiger partial charge in [0.1, 0.15) is 5.75 Å². The number of methoxy groups -OCH3 is 1. The third-order valence-corrected chi connectivity index (χ3v) is 3.11. The van der Waals surface area contributed by atoms with E-state index in [4.69, 9.17) is 4.74 Å². The molecule has 0 fully saturated rings.